The summed E-state index contributed by atoms with van der Waals surface area (Å²) in [6, 6.07) is 7.51. The van der Waals surface area contributed by atoms with Crippen molar-refractivity contribution in [3.8, 4) is 11.8 Å². The Morgan fingerprint density at radius 2 is 2.26 bits per heavy atom. The highest BCUT2D eigenvalue weighted by atomic mass is 16.5. The first-order chi connectivity index (χ1) is 9.13. The topological polar surface area (TPSA) is 62.9 Å². The van der Waals surface area contributed by atoms with Crippen molar-refractivity contribution in [1.82, 2.24) is 9.78 Å². The van der Waals surface area contributed by atoms with Gasteiger partial charge in [-0.1, -0.05) is 0 Å². The maximum atomic E-state index is 9.09. The smallest absolute Gasteiger partial charge is 0.121 e. The molecule has 0 unspecified atom stereocenters. The van der Waals surface area contributed by atoms with Crippen molar-refractivity contribution in [2.75, 3.05) is 12.4 Å². The molecule has 1 aromatic heterocycles. The molecular weight excluding hydrogens is 240 g/mol. The van der Waals surface area contributed by atoms with E-state index in [4.69, 9.17) is 10.00 Å². The maximum Gasteiger partial charge on any atom is 0.121 e. The van der Waals surface area contributed by atoms with E-state index in [-0.39, 0.29) is 0 Å². The lowest BCUT2D eigenvalue weighted by Gasteiger charge is -2.09. The molecule has 5 heteroatoms. The second-order valence-corrected chi connectivity index (χ2v) is 4.29. The molecule has 0 saturated carbocycles. The van der Waals surface area contributed by atoms with Crippen LogP contribution in [0.5, 0.6) is 5.75 Å². The summed E-state index contributed by atoms with van der Waals surface area (Å²) >= 11 is 0. The molecule has 0 atom stereocenters. The third kappa shape index (κ3) is 2.86. The second kappa shape index (κ2) is 5.44. The molecule has 5 nitrogen and oxygen atoms in total. The zero-order chi connectivity index (χ0) is 13.8. The Morgan fingerprint density at radius 3 is 2.84 bits per heavy atom. The fraction of sp³-hybridized carbons (Fsp3) is 0.286. The van der Waals surface area contributed by atoms with Gasteiger partial charge in [0.1, 0.15) is 11.8 Å². The standard InChI is InChI=1S/C14H16N4O/c1-10-12(9-18(2)17-10)8-16-14-6-13(19-3)5-4-11(14)7-15/h4-6,9,16H,8H2,1-3H3. The summed E-state index contributed by atoms with van der Waals surface area (Å²) in [6.45, 7) is 2.59. The van der Waals surface area contributed by atoms with Crippen LogP contribution in [0.2, 0.25) is 0 Å². The van der Waals surface area contributed by atoms with Crippen LogP contribution in [0.3, 0.4) is 0 Å². The first kappa shape index (κ1) is 13.0. The SMILES string of the molecule is COc1ccc(C#N)c(NCc2cn(C)nc2C)c1. The molecule has 1 heterocycles. The molecule has 2 rings (SSSR count). The number of nitrogens with one attached hydrogen (secondary N) is 1. The van der Waals surface area contributed by atoms with Gasteiger partial charge in [0.15, 0.2) is 0 Å². The number of rotatable bonds is 4. The van der Waals surface area contributed by atoms with E-state index >= 15 is 0 Å². The lowest BCUT2D eigenvalue weighted by atomic mass is 10.1. The predicted molar refractivity (Wildman–Crippen MR) is 73.0 cm³/mol. The summed E-state index contributed by atoms with van der Waals surface area (Å²) in [7, 11) is 3.50. The van der Waals surface area contributed by atoms with Crippen LogP contribution in [0, 0.1) is 18.3 Å². The van der Waals surface area contributed by atoms with E-state index in [2.05, 4.69) is 16.5 Å². The van der Waals surface area contributed by atoms with E-state index in [1.165, 1.54) is 0 Å². The summed E-state index contributed by atoms with van der Waals surface area (Å²) in [5.74, 6) is 0.726. The second-order valence-electron chi connectivity index (χ2n) is 4.29. The lowest BCUT2D eigenvalue weighted by Crippen LogP contribution is -2.02. The number of nitrogens with zero attached hydrogens (tertiary/aromatic N) is 3. The monoisotopic (exact) mass is 256 g/mol. The lowest BCUT2D eigenvalue weighted by molar-refractivity contribution is 0.415. The van der Waals surface area contributed by atoms with E-state index in [9.17, 15) is 0 Å². The molecule has 0 bridgehead atoms. The third-order valence-corrected chi connectivity index (χ3v) is 2.93. The van der Waals surface area contributed by atoms with Gasteiger partial charge >= 0.3 is 0 Å². The molecule has 0 fully saturated rings. The molecule has 19 heavy (non-hydrogen) atoms. The number of ether oxygens (including phenoxy) is 1. The van der Waals surface area contributed by atoms with Crippen LogP contribution in [0.1, 0.15) is 16.8 Å². The van der Waals surface area contributed by atoms with Crippen LogP contribution in [0.4, 0.5) is 5.69 Å². The normalized spacial score (nSPS) is 10.0. The van der Waals surface area contributed by atoms with E-state index in [0.29, 0.717) is 12.1 Å². The van der Waals surface area contributed by atoms with Crippen LogP contribution < -0.4 is 10.1 Å². The van der Waals surface area contributed by atoms with Crippen LogP contribution in [0.15, 0.2) is 24.4 Å². The summed E-state index contributed by atoms with van der Waals surface area (Å²) in [6.07, 6.45) is 1.97. The number of aromatic nitrogens is 2. The number of methoxy groups -OCH3 is 1. The molecule has 1 N–H and O–H groups in total. The van der Waals surface area contributed by atoms with Crippen molar-refractivity contribution >= 4 is 5.69 Å². The predicted octanol–water partition coefficient (Wildman–Crippen LogP) is 2.22. The van der Waals surface area contributed by atoms with Crippen molar-refractivity contribution in [3.63, 3.8) is 0 Å². The van der Waals surface area contributed by atoms with Crippen molar-refractivity contribution in [1.29, 1.82) is 5.26 Å². The molecule has 0 saturated heterocycles. The van der Waals surface area contributed by atoms with Crippen molar-refractivity contribution < 1.29 is 4.74 Å². The van der Waals surface area contributed by atoms with E-state index < -0.39 is 0 Å². The highest BCUT2D eigenvalue weighted by Crippen LogP contribution is 2.22. The zero-order valence-electron chi connectivity index (χ0n) is 11.3. The molecule has 0 radical (unpaired) electrons. The van der Waals surface area contributed by atoms with Gasteiger partial charge in [-0.15, -0.1) is 0 Å². The van der Waals surface area contributed by atoms with Gasteiger partial charge in [0, 0.05) is 31.4 Å². The number of nitriles is 1. The van der Waals surface area contributed by atoms with Gasteiger partial charge in [0.25, 0.3) is 0 Å². The Hall–Kier alpha value is -2.48. The molecule has 0 aliphatic heterocycles. The van der Waals surface area contributed by atoms with E-state index in [0.717, 1.165) is 22.7 Å². The van der Waals surface area contributed by atoms with Gasteiger partial charge in [-0.3, -0.25) is 4.68 Å². The molecule has 2 aromatic rings. The summed E-state index contributed by atoms with van der Waals surface area (Å²) in [4.78, 5) is 0. The number of hydrogen-bond acceptors (Lipinski definition) is 4. The van der Waals surface area contributed by atoms with Crippen LogP contribution in [-0.4, -0.2) is 16.9 Å². The molecule has 0 amide bonds. The Kier molecular flexibility index (Phi) is 3.71. The van der Waals surface area contributed by atoms with Crippen LogP contribution in [0.25, 0.3) is 0 Å². The van der Waals surface area contributed by atoms with Crippen molar-refractivity contribution in [2.24, 2.45) is 7.05 Å². The number of benzene rings is 1. The average Bonchev–Trinajstić information content (AvgIpc) is 2.74. The fourth-order valence-corrected chi connectivity index (χ4v) is 1.91. The van der Waals surface area contributed by atoms with E-state index in [1.807, 2.05) is 26.2 Å². The Bertz CT molecular complexity index is 625. The molecular formula is C14H16N4O. The molecule has 0 aliphatic carbocycles. The van der Waals surface area contributed by atoms with Gasteiger partial charge < -0.3 is 10.1 Å². The Morgan fingerprint density at radius 1 is 1.47 bits per heavy atom. The van der Waals surface area contributed by atoms with E-state index in [1.54, 1.807) is 23.9 Å². The van der Waals surface area contributed by atoms with Gasteiger partial charge in [0.05, 0.1) is 24.1 Å². The summed E-state index contributed by atoms with van der Waals surface area (Å²) in [5.41, 5.74) is 3.46. The average molecular weight is 256 g/mol. The minimum absolute atomic E-state index is 0.599. The number of anilines is 1. The van der Waals surface area contributed by atoms with Crippen LogP contribution in [-0.2, 0) is 13.6 Å². The Labute approximate surface area is 112 Å². The molecule has 0 spiro atoms. The van der Waals surface area contributed by atoms with Gasteiger partial charge in [-0.05, 0) is 19.1 Å². The highest BCUT2D eigenvalue weighted by Gasteiger charge is 2.06. The van der Waals surface area contributed by atoms with Crippen molar-refractivity contribution in [2.45, 2.75) is 13.5 Å². The first-order valence-electron chi connectivity index (χ1n) is 5.95. The maximum absolute atomic E-state index is 9.09. The third-order valence-electron chi connectivity index (χ3n) is 2.93. The van der Waals surface area contributed by atoms with Crippen LogP contribution >= 0.6 is 0 Å². The van der Waals surface area contributed by atoms with Gasteiger partial charge in [-0.2, -0.15) is 10.4 Å². The zero-order valence-corrected chi connectivity index (χ0v) is 11.3. The molecule has 0 aliphatic rings. The summed E-state index contributed by atoms with van der Waals surface area (Å²) < 4.78 is 6.95. The minimum atomic E-state index is 0.599. The number of hydrogen-bond donors (Lipinski definition) is 1. The first-order valence-corrected chi connectivity index (χ1v) is 5.95. The molecule has 1 aromatic carbocycles. The fourth-order valence-electron chi connectivity index (χ4n) is 1.91. The minimum Gasteiger partial charge on any atom is -0.497 e. The molecule has 98 valence electrons. The largest absolute Gasteiger partial charge is 0.497 e. The van der Waals surface area contributed by atoms with Gasteiger partial charge in [0.2, 0.25) is 0 Å². The summed E-state index contributed by atoms with van der Waals surface area (Å²) in [5, 5.41) is 16.6. The number of aryl methyl sites for hydroxylation is 2. The van der Waals surface area contributed by atoms with Crippen molar-refractivity contribution in [3.05, 3.63) is 41.2 Å². The quantitative estimate of drug-likeness (QED) is 0.911. The Balaban J connectivity index is 2.19. The highest BCUT2D eigenvalue weighted by molar-refractivity contribution is 5.60. The van der Waals surface area contributed by atoms with Gasteiger partial charge in [-0.25, -0.2) is 0 Å².